The summed E-state index contributed by atoms with van der Waals surface area (Å²) in [6.45, 7) is -1.53. The fourth-order valence-corrected chi connectivity index (χ4v) is 3.41. The molecule has 1 aliphatic heterocycles. The minimum Gasteiger partial charge on any atom is -0.493 e. The van der Waals surface area contributed by atoms with Crippen LogP contribution >= 0.6 is 11.8 Å². The third kappa shape index (κ3) is 6.16. The molecule has 1 saturated heterocycles. The molecule has 0 saturated carbocycles. The summed E-state index contributed by atoms with van der Waals surface area (Å²) in [7, 11) is 1.39. The molecule has 2 rings (SSSR count). The van der Waals surface area contributed by atoms with E-state index in [1.165, 1.54) is 13.2 Å². The predicted octanol–water partition coefficient (Wildman–Crippen LogP) is 2.05. The number of methoxy groups -OCH3 is 1. The highest BCUT2D eigenvalue weighted by atomic mass is 32.2. The summed E-state index contributed by atoms with van der Waals surface area (Å²) in [5.74, 6) is 2.27. The zero-order valence-electron chi connectivity index (χ0n) is 13.5. The summed E-state index contributed by atoms with van der Waals surface area (Å²) < 4.78 is 34.3. The minimum absolute atomic E-state index is 0.000225. The molecule has 8 heteroatoms. The third-order valence-electron chi connectivity index (χ3n) is 3.61. The van der Waals surface area contributed by atoms with Crippen LogP contribution in [-0.4, -0.2) is 50.3 Å². The number of benzene rings is 1. The summed E-state index contributed by atoms with van der Waals surface area (Å²) >= 11 is 1.85. The van der Waals surface area contributed by atoms with Gasteiger partial charge in [0, 0.05) is 37.1 Å². The van der Waals surface area contributed by atoms with Crippen LogP contribution in [0.25, 0.3) is 0 Å². The number of halogens is 2. The van der Waals surface area contributed by atoms with Gasteiger partial charge in [-0.2, -0.15) is 20.5 Å². The number of hydrogen-bond acceptors (Lipinski definition) is 5. The van der Waals surface area contributed by atoms with Gasteiger partial charge in [0.1, 0.15) is 0 Å². The van der Waals surface area contributed by atoms with E-state index < -0.39 is 6.61 Å². The Labute approximate surface area is 144 Å². The molecule has 1 amide bonds. The van der Waals surface area contributed by atoms with Crippen molar-refractivity contribution in [1.82, 2.24) is 10.6 Å². The van der Waals surface area contributed by atoms with Gasteiger partial charge in [0.2, 0.25) is 5.91 Å². The van der Waals surface area contributed by atoms with Gasteiger partial charge in [0.25, 0.3) is 0 Å². The number of nitrogens with one attached hydrogen (secondary N) is 2. The van der Waals surface area contributed by atoms with Crippen LogP contribution in [0.1, 0.15) is 12.0 Å². The summed E-state index contributed by atoms with van der Waals surface area (Å²) in [6, 6.07) is 5.08. The Morgan fingerprint density at radius 3 is 2.96 bits per heavy atom. The highest BCUT2D eigenvalue weighted by Crippen LogP contribution is 2.29. The maximum absolute atomic E-state index is 12.4. The van der Waals surface area contributed by atoms with Gasteiger partial charge in [0.05, 0.1) is 7.11 Å². The molecular formula is C16H22F2N2O3S. The second kappa shape index (κ2) is 9.68. The van der Waals surface area contributed by atoms with Crippen molar-refractivity contribution < 1.29 is 23.0 Å². The average molecular weight is 360 g/mol. The Kier molecular flexibility index (Phi) is 7.58. The maximum atomic E-state index is 12.4. The Hall–Kier alpha value is -1.54. The summed E-state index contributed by atoms with van der Waals surface area (Å²) in [5, 5.41) is 6.17. The molecular weight excluding hydrogens is 338 g/mol. The van der Waals surface area contributed by atoms with Crippen molar-refractivity contribution in [3.05, 3.63) is 23.8 Å². The molecule has 0 aromatic heterocycles. The van der Waals surface area contributed by atoms with E-state index in [9.17, 15) is 13.6 Å². The molecule has 1 aliphatic rings. The zero-order chi connectivity index (χ0) is 17.4. The normalized spacial score (nSPS) is 17.6. The van der Waals surface area contributed by atoms with Crippen LogP contribution in [-0.2, 0) is 11.2 Å². The van der Waals surface area contributed by atoms with Crippen LogP contribution < -0.4 is 20.1 Å². The standard InChI is InChI=1S/C16H22F2N2O3S/c1-22-13-3-2-11(8-14(13)23-16(17)18)4-5-20-15(21)9-12-10-24-7-6-19-12/h2-3,8,12,16,19H,4-7,9-10H2,1H3,(H,20,21). The van der Waals surface area contributed by atoms with Crippen LogP contribution in [0.3, 0.4) is 0 Å². The van der Waals surface area contributed by atoms with Gasteiger partial charge in [-0.25, -0.2) is 0 Å². The van der Waals surface area contributed by atoms with Crippen molar-refractivity contribution >= 4 is 17.7 Å². The smallest absolute Gasteiger partial charge is 0.387 e. The second-order valence-electron chi connectivity index (χ2n) is 5.39. The minimum atomic E-state index is -2.91. The van der Waals surface area contributed by atoms with E-state index in [2.05, 4.69) is 15.4 Å². The number of amides is 1. The van der Waals surface area contributed by atoms with Gasteiger partial charge >= 0.3 is 6.61 Å². The molecule has 0 aliphatic carbocycles. The van der Waals surface area contributed by atoms with Crippen molar-refractivity contribution in [3.63, 3.8) is 0 Å². The largest absolute Gasteiger partial charge is 0.493 e. The first-order chi connectivity index (χ1) is 11.6. The fourth-order valence-electron chi connectivity index (χ4n) is 2.46. The van der Waals surface area contributed by atoms with Gasteiger partial charge in [-0.1, -0.05) is 6.07 Å². The first-order valence-electron chi connectivity index (χ1n) is 7.78. The Bertz CT molecular complexity index is 540. The van der Waals surface area contributed by atoms with Gasteiger partial charge < -0.3 is 20.1 Å². The number of hydrogen-bond donors (Lipinski definition) is 2. The molecule has 1 atom stereocenters. The van der Waals surface area contributed by atoms with E-state index in [1.54, 1.807) is 12.1 Å². The van der Waals surface area contributed by atoms with Crippen molar-refractivity contribution in [2.45, 2.75) is 25.5 Å². The average Bonchev–Trinajstić information content (AvgIpc) is 2.55. The molecule has 24 heavy (non-hydrogen) atoms. The number of ether oxygens (including phenoxy) is 2. The van der Waals surface area contributed by atoms with E-state index in [0.717, 1.165) is 23.6 Å². The summed E-state index contributed by atoms with van der Waals surface area (Å²) in [5.41, 5.74) is 0.790. The lowest BCUT2D eigenvalue weighted by Gasteiger charge is -2.22. The summed E-state index contributed by atoms with van der Waals surface area (Å²) in [6.07, 6.45) is 0.984. The number of carbonyl (C=O) groups excluding carboxylic acids is 1. The van der Waals surface area contributed by atoms with Crippen LogP contribution in [0.4, 0.5) is 8.78 Å². The number of rotatable bonds is 8. The molecule has 2 N–H and O–H groups in total. The van der Waals surface area contributed by atoms with Crippen molar-refractivity contribution in [2.75, 3.05) is 31.7 Å². The number of thioether (sulfide) groups is 1. The molecule has 0 bridgehead atoms. The number of carbonyl (C=O) groups is 1. The molecule has 0 spiro atoms. The Morgan fingerprint density at radius 1 is 1.46 bits per heavy atom. The lowest BCUT2D eigenvalue weighted by molar-refractivity contribution is -0.121. The topological polar surface area (TPSA) is 59.6 Å². The molecule has 1 aromatic rings. The zero-order valence-corrected chi connectivity index (χ0v) is 14.3. The second-order valence-corrected chi connectivity index (χ2v) is 6.54. The highest BCUT2D eigenvalue weighted by molar-refractivity contribution is 7.99. The van der Waals surface area contributed by atoms with Crippen molar-refractivity contribution in [1.29, 1.82) is 0 Å². The molecule has 1 heterocycles. The van der Waals surface area contributed by atoms with Crippen LogP contribution in [0.5, 0.6) is 11.5 Å². The monoisotopic (exact) mass is 360 g/mol. The van der Waals surface area contributed by atoms with Crippen LogP contribution in [0, 0.1) is 0 Å². The predicted molar refractivity (Wildman–Crippen MR) is 90.1 cm³/mol. The molecule has 134 valence electrons. The molecule has 1 fully saturated rings. The van der Waals surface area contributed by atoms with Crippen molar-refractivity contribution in [3.8, 4) is 11.5 Å². The Balaban J connectivity index is 1.79. The first kappa shape index (κ1) is 18.8. The van der Waals surface area contributed by atoms with Gasteiger partial charge in [-0.05, 0) is 24.1 Å². The fraction of sp³-hybridized carbons (Fsp3) is 0.562. The quantitative estimate of drug-likeness (QED) is 0.743. The number of alkyl halides is 2. The van der Waals surface area contributed by atoms with Gasteiger partial charge in [0.15, 0.2) is 11.5 Å². The van der Waals surface area contributed by atoms with Crippen LogP contribution in [0.15, 0.2) is 18.2 Å². The van der Waals surface area contributed by atoms with Gasteiger partial charge in [-0.3, -0.25) is 4.79 Å². The Morgan fingerprint density at radius 2 is 2.29 bits per heavy atom. The molecule has 1 aromatic carbocycles. The van der Waals surface area contributed by atoms with Crippen LogP contribution in [0.2, 0.25) is 0 Å². The van der Waals surface area contributed by atoms with Crippen molar-refractivity contribution in [2.24, 2.45) is 0 Å². The van der Waals surface area contributed by atoms with E-state index >= 15 is 0 Å². The lowest BCUT2D eigenvalue weighted by Crippen LogP contribution is -2.41. The molecule has 1 unspecified atom stereocenters. The summed E-state index contributed by atoms with van der Waals surface area (Å²) in [4.78, 5) is 11.9. The third-order valence-corrected chi connectivity index (χ3v) is 4.74. The molecule has 0 radical (unpaired) electrons. The molecule has 5 nitrogen and oxygen atoms in total. The van der Waals surface area contributed by atoms with E-state index in [-0.39, 0.29) is 23.4 Å². The highest BCUT2D eigenvalue weighted by Gasteiger charge is 2.16. The van der Waals surface area contributed by atoms with E-state index in [4.69, 9.17) is 4.74 Å². The SMILES string of the molecule is COc1ccc(CCNC(=O)CC2CSCCN2)cc1OC(F)F. The lowest BCUT2D eigenvalue weighted by atomic mass is 10.1. The first-order valence-corrected chi connectivity index (χ1v) is 8.93. The van der Waals surface area contributed by atoms with E-state index in [0.29, 0.717) is 19.4 Å². The van der Waals surface area contributed by atoms with Gasteiger partial charge in [-0.15, -0.1) is 0 Å². The maximum Gasteiger partial charge on any atom is 0.387 e. The van der Waals surface area contributed by atoms with E-state index in [1.807, 2.05) is 11.8 Å².